The van der Waals surface area contributed by atoms with E-state index in [1.165, 1.54) is 5.56 Å². The van der Waals surface area contributed by atoms with Crippen molar-refractivity contribution in [1.29, 1.82) is 0 Å². The average molecular weight is 269 g/mol. The largest absolute Gasteiger partial charge is 0.377 e. The Labute approximate surface area is 114 Å². The summed E-state index contributed by atoms with van der Waals surface area (Å²) in [5.74, 6) is 1.57. The predicted octanol–water partition coefficient (Wildman–Crippen LogP) is 3.05. The molecule has 1 aromatic heterocycles. The van der Waals surface area contributed by atoms with Crippen molar-refractivity contribution in [3.8, 4) is 0 Å². The number of halogens is 1. The standard InChI is InChI=1S/C14H21ClN2O/c1-4-12-9-18-6-5-17(12)14-13(8-15)10(2)7-11(3)16-14/h7,12H,4-6,8-9H2,1-3H3. The molecule has 0 radical (unpaired) electrons. The molecule has 1 aliphatic heterocycles. The maximum Gasteiger partial charge on any atom is 0.133 e. The molecule has 1 atom stereocenters. The molecule has 0 amide bonds. The molecule has 1 fully saturated rings. The first kappa shape index (κ1) is 13.6. The van der Waals surface area contributed by atoms with E-state index in [2.05, 4.69) is 24.8 Å². The summed E-state index contributed by atoms with van der Waals surface area (Å²) in [6.07, 6.45) is 1.07. The minimum atomic E-state index is 0.411. The number of hydrogen-bond acceptors (Lipinski definition) is 3. The van der Waals surface area contributed by atoms with Gasteiger partial charge in [-0.15, -0.1) is 11.6 Å². The second-order valence-corrected chi connectivity index (χ2v) is 5.11. The van der Waals surface area contributed by atoms with Gasteiger partial charge in [0.2, 0.25) is 0 Å². The van der Waals surface area contributed by atoms with E-state index in [0.717, 1.165) is 43.3 Å². The van der Waals surface area contributed by atoms with Crippen molar-refractivity contribution in [3.05, 3.63) is 22.9 Å². The molecule has 0 saturated carbocycles. The lowest BCUT2D eigenvalue weighted by molar-refractivity contribution is 0.0925. The van der Waals surface area contributed by atoms with E-state index in [0.29, 0.717) is 11.9 Å². The highest BCUT2D eigenvalue weighted by molar-refractivity contribution is 6.17. The van der Waals surface area contributed by atoms with Gasteiger partial charge in [0.25, 0.3) is 0 Å². The van der Waals surface area contributed by atoms with Crippen molar-refractivity contribution in [2.45, 2.75) is 39.1 Å². The molecular formula is C14H21ClN2O. The molecule has 0 spiro atoms. The third-order valence-corrected chi connectivity index (χ3v) is 3.83. The Bertz CT molecular complexity index is 423. The smallest absolute Gasteiger partial charge is 0.133 e. The van der Waals surface area contributed by atoms with E-state index in [9.17, 15) is 0 Å². The van der Waals surface area contributed by atoms with Crippen LogP contribution in [0.25, 0.3) is 0 Å². The van der Waals surface area contributed by atoms with Gasteiger partial charge in [-0.2, -0.15) is 0 Å². The third-order valence-electron chi connectivity index (χ3n) is 3.56. The number of pyridine rings is 1. The zero-order valence-corrected chi connectivity index (χ0v) is 12.1. The van der Waals surface area contributed by atoms with Gasteiger partial charge in [-0.1, -0.05) is 6.92 Å². The molecule has 0 aliphatic carbocycles. The quantitative estimate of drug-likeness (QED) is 0.788. The lowest BCUT2D eigenvalue weighted by Gasteiger charge is -2.37. The highest BCUT2D eigenvalue weighted by Crippen LogP contribution is 2.27. The number of morpholine rings is 1. The van der Waals surface area contributed by atoms with Crippen molar-refractivity contribution in [3.63, 3.8) is 0 Å². The molecule has 3 nitrogen and oxygen atoms in total. The second-order valence-electron chi connectivity index (χ2n) is 4.85. The molecule has 2 heterocycles. The topological polar surface area (TPSA) is 25.4 Å². The van der Waals surface area contributed by atoms with E-state index in [-0.39, 0.29) is 0 Å². The van der Waals surface area contributed by atoms with Crippen LogP contribution in [0.3, 0.4) is 0 Å². The number of hydrogen-bond donors (Lipinski definition) is 0. The maximum atomic E-state index is 6.10. The second kappa shape index (κ2) is 5.89. The minimum Gasteiger partial charge on any atom is -0.377 e. The SMILES string of the molecule is CCC1COCCN1c1nc(C)cc(C)c1CCl. The van der Waals surface area contributed by atoms with E-state index in [4.69, 9.17) is 21.3 Å². The van der Waals surface area contributed by atoms with Gasteiger partial charge in [0, 0.05) is 17.8 Å². The molecule has 2 rings (SSSR count). The molecule has 18 heavy (non-hydrogen) atoms. The highest BCUT2D eigenvalue weighted by atomic mass is 35.5. The number of nitrogens with zero attached hydrogens (tertiary/aromatic N) is 2. The Balaban J connectivity index is 2.41. The van der Waals surface area contributed by atoms with Crippen molar-refractivity contribution in [2.24, 2.45) is 0 Å². The Kier molecular flexibility index (Phi) is 4.46. The number of aryl methyl sites for hydroxylation is 2. The van der Waals surface area contributed by atoms with Crippen LogP contribution < -0.4 is 4.90 Å². The zero-order valence-electron chi connectivity index (χ0n) is 11.4. The molecule has 4 heteroatoms. The minimum absolute atomic E-state index is 0.411. The number of anilines is 1. The molecular weight excluding hydrogens is 248 g/mol. The fourth-order valence-electron chi connectivity index (χ4n) is 2.52. The van der Waals surface area contributed by atoms with E-state index < -0.39 is 0 Å². The molecule has 1 aromatic rings. The van der Waals surface area contributed by atoms with Crippen molar-refractivity contribution in [2.75, 3.05) is 24.7 Å². The van der Waals surface area contributed by atoms with E-state index in [1.807, 2.05) is 6.92 Å². The van der Waals surface area contributed by atoms with Gasteiger partial charge < -0.3 is 9.64 Å². The van der Waals surface area contributed by atoms with Crippen LogP contribution >= 0.6 is 11.6 Å². The van der Waals surface area contributed by atoms with Crippen LogP contribution in [0.1, 0.15) is 30.2 Å². The van der Waals surface area contributed by atoms with Gasteiger partial charge in [0.15, 0.2) is 0 Å². The summed E-state index contributed by atoms with van der Waals surface area (Å²) in [6.45, 7) is 8.79. The van der Waals surface area contributed by atoms with Crippen LogP contribution in [0, 0.1) is 13.8 Å². The first-order valence-corrected chi connectivity index (χ1v) is 7.08. The Hall–Kier alpha value is -0.800. The van der Waals surface area contributed by atoms with Gasteiger partial charge >= 0.3 is 0 Å². The molecule has 1 saturated heterocycles. The van der Waals surface area contributed by atoms with Crippen molar-refractivity contribution in [1.82, 2.24) is 4.98 Å². The van der Waals surface area contributed by atoms with Crippen LogP contribution in [0.4, 0.5) is 5.82 Å². The van der Waals surface area contributed by atoms with Crippen LogP contribution in [0.15, 0.2) is 6.07 Å². The number of rotatable bonds is 3. The van der Waals surface area contributed by atoms with Gasteiger partial charge in [-0.25, -0.2) is 4.98 Å². The lowest BCUT2D eigenvalue weighted by atomic mass is 10.1. The van der Waals surface area contributed by atoms with Crippen LogP contribution in [0.2, 0.25) is 0 Å². The molecule has 0 N–H and O–H groups in total. The Morgan fingerprint density at radius 1 is 1.50 bits per heavy atom. The molecule has 1 unspecified atom stereocenters. The number of alkyl halides is 1. The molecule has 1 aliphatic rings. The first-order valence-electron chi connectivity index (χ1n) is 6.54. The van der Waals surface area contributed by atoms with Gasteiger partial charge in [0.05, 0.1) is 25.1 Å². The average Bonchev–Trinajstić information content (AvgIpc) is 2.38. The lowest BCUT2D eigenvalue weighted by Crippen LogP contribution is -2.46. The van der Waals surface area contributed by atoms with Gasteiger partial charge in [0.1, 0.15) is 5.82 Å². The summed E-state index contributed by atoms with van der Waals surface area (Å²) in [6, 6.07) is 2.51. The Morgan fingerprint density at radius 2 is 2.28 bits per heavy atom. The van der Waals surface area contributed by atoms with E-state index >= 15 is 0 Å². The first-order chi connectivity index (χ1) is 8.67. The monoisotopic (exact) mass is 268 g/mol. The maximum absolute atomic E-state index is 6.10. The summed E-state index contributed by atoms with van der Waals surface area (Å²) >= 11 is 6.10. The van der Waals surface area contributed by atoms with Crippen LogP contribution in [0.5, 0.6) is 0 Å². The summed E-state index contributed by atoms with van der Waals surface area (Å²) in [4.78, 5) is 7.07. The summed E-state index contributed by atoms with van der Waals surface area (Å²) in [7, 11) is 0. The number of ether oxygens (including phenoxy) is 1. The molecule has 100 valence electrons. The van der Waals surface area contributed by atoms with Crippen molar-refractivity contribution >= 4 is 17.4 Å². The highest BCUT2D eigenvalue weighted by Gasteiger charge is 2.25. The Morgan fingerprint density at radius 3 is 2.94 bits per heavy atom. The molecule has 0 bridgehead atoms. The van der Waals surface area contributed by atoms with Crippen LogP contribution in [-0.4, -0.2) is 30.8 Å². The zero-order chi connectivity index (χ0) is 13.1. The normalized spacial score (nSPS) is 20.2. The van der Waals surface area contributed by atoms with E-state index in [1.54, 1.807) is 0 Å². The van der Waals surface area contributed by atoms with Gasteiger partial charge in [-0.3, -0.25) is 0 Å². The number of aromatic nitrogens is 1. The van der Waals surface area contributed by atoms with Crippen molar-refractivity contribution < 1.29 is 4.74 Å². The summed E-state index contributed by atoms with van der Waals surface area (Å²) < 4.78 is 5.56. The predicted molar refractivity (Wildman–Crippen MR) is 75.5 cm³/mol. The fraction of sp³-hybridized carbons (Fsp3) is 0.643. The summed E-state index contributed by atoms with van der Waals surface area (Å²) in [5.41, 5.74) is 3.44. The summed E-state index contributed by atoms with van der Waals surface area (Å²) in [5, 5.41) is 0. The van der Waals surface area contributed by atoms with Gasteiger partial charge in [-0.05, 0) is 31.9 Å². The fourth-order valence-corrected chi connectivity index (χ4v) is 2.85. The third kappa shape index (κ3) is 2.62. The molecule has 0 aromatic carbocycles. The van der Waals surface area contributed by atoms with Crippen LogP contribution in [-0.2, 0) is 10.6 Å².